The van der Waals surface area contributed by atoms with Crippen LogP contribution in [0.4, 0.5) is 13.2 Å². The van der Waals surface area contributed by atoms with Gasteiger partial charge in [0.05, 0.1) is 18.1 Å². The van der Waals surface area contributed by atoms with Gasteiger partial charge in [-0.1, -0.05) is 20.8 Å². The third-order valence-electron chi connectivity index (χ3n) is 3.75. The lowest BCUT2D eigenvalue weighted by atomic mass is 9.85. The van der Waals surface area contributed by atoms with Gasteiger partial charge in [0.25, 0.3) is 0 Å². The van der Waals surface area contributed by atoms with Crippen LogP contribution >= 0.6 is 0 Å². The number of rotatable bonds is 2. The molecule has 0 radical (unpaired) electrons. The summed E-state index contributed by atoms with van der Waals surface area (Å²) in [6.07, 6.45) is -2.45. The van der Waals surface area contributed by atoms with Crippen LogP contribution in [0.15, 0.2) is 0 Å². The number of ether oxygens (including phenoxy) is 1. The Morgan fingerprint density at radius 2 is 1.47 bits per heavy atom. The van der Waals surface area contributed by atoms with Gasteiger partial charge < -0.3 is 4.74 Å². The number of hydrogen-bond donors (Lipinski definition) is 0. The average Bonchev–Trinajstić information content (AvgIpc) is 2.15. The Bertz CT molecular complexity index is 234. The van der Waals surface area contributed by atoms with Crippen molar-refractivity contribution in [3.8, 4) is 0 Å². The van der Waals surface area contributed by atoms with Crippen LogP contribution in [-0.4, -0.2) is 18.4 Å². The van der Waals surface area contributed by atoms with Gasteiger partial charge in [-0.05, 0) is 38.0 Å². The molecule has 17 heavy (non-hydrogen) atoms. The predicted molar refractivity (Wildman–Crippen MR) is 61.8 cm³/mol. The zero-order chi connectivity index (χ0) is 13.3. The average molecular weight is 252 g/mol. The van der Waals surface area contributed by atoms with E-state index < -0.39 is 12.1 Å². The van der Waals surface area contributed by atoms with Crippen LogP contribution in [0.5, 0.6) is 0 Å². The molecule has 0 N–H and O–H groups in total. The van der Waals surface area contributed by atoms with Gasteiger partial charge in [0, 0.05) is 0 Å². The van der Waals surface area contributed by atoms with Gasteiger partial charge in [-0.2, -0.15) is 13.2 Å². The summed E-state index contributed by atoms with van der Waals surface area (Å²) in [6, 6.07) is 0. The van der Waals surface area contributed by atoms with Crippen molar-refractivity contribution in [1.82, 2.24) is 0 Å². The van der Waals surface area contributed by atoms with Crippen molar-refractivity contribution < 1.29 is 17.9 Å². The molecule has 1 fully saturated rings. The molecular formula is C13H23F3O. The van der Waals surface area contributed by atoms with Crippen molar-refractivity contribution in [3.63, 3.8) is 0 Å². The second-order valence-electron chi connectivity index (χ2n) is 6.16. The summed E-state index contributed by atoms with van der Waals surface area (Å²) in [5, 5.41) is 0. The Kier molecular flexibility index (Phi) is 4.50. The normalized spacial score (nSPS) is 29.1. The second kappa shape index (κ2) is 5.17. The smallest absolute Gasteiger partial charge is 0.375 e. The minimum atomic E-state index is -4.03. The number of hydrogen-bond acceptors (Lipinski definition) is 1. The van der Waals surface area contributed by atoms with Crippen molar-refractivity contribution in [2.75, 3.05) is 0 Å². The Labute approximate surface area is 102 Å². The molecule has 0 amide bonds. The Morgan fingerprint density at radius 1 is 1.00 bits per heavy atom. The van der Waals surface area contributed by atoms with E-state index in [0.717, 1.165) is 0 Å². The Morgan fingerprint density at radius 3 is 1.82 bits per heavy atom. The van der Waals surface area contributed by atoms with E-state index in [4.69, 9.17) is 4.74 Å². The van der Waals surface area contributed by atoms with Gasteiger partial charge in [-0.25, -0.2) is 0 Å². The first-order chi connectivity index (χ1) is 7.60. The van der Waals surface area contributed by atoms with Crippen molar-refractivity contribution in [2.24, 2.45) is 11.3 Å². The van der Waals surface area contributed by atoms with Crippen LogP contribution in [0, 0.1) is 11.3 Å². The summed E-state index contributed by atoms with van der Waals surface area (Å²) in [6.45, 7) is 8.24. The van der Waals surface area contributed by atoms with Gasteiger partial charge in [0.15, 0.2) is 0 Å². The highest BCUT2D eigenvalue weighted by Gasteiger charge is 2.42. The molecule has 1 atom stereocenters. The monoisotopic (exact) mass is 252 g/mol. The fourth-order valence-electron chi connectivity index (χ4n) is 2.02. The summed E-state index contributed by atoms with van der Waals surface area (Å²) < 4.78 is 43.3. The van der Waals surface area contributed by atoms with E-state index in [1.807, 2.05) is 6.92 Å². The van der Waals surface area contributed by atoms with E-state index in [9.17, 15) is 13.2 Å². The van der Waals surface area contributed by atoms with Crippen molar-refractivity contribution in [1.29, 1.82) is 0 Å². The van der Waals surface area contributed by atoms with E-state index >= 15 is 0 Å². The zero-order valence-electron chi connectivity index (χ0n) is 11.1. The third kappa shape index (κ3) is 4.49. The van der Waals surface area contributed by atoms with Gasteiger partial charge in [-0.15, -0.1) is 0 Å². The maximum Gasteiger partial charge on any atom is 0.391 e. The Balaban J connectivity index is 2.38. The lowest BCUT2D eigenvalue weighted by Crippen LogP contribution is -2.35. The molecule has 4 heteroatoms. The van der Waals surface area contributed by atoms with Crippen molar-refractivity contribution in [3.05, 3.63) is 0 Å². The minimum absolute atomic E-state index is 0.00262. The third-order valence-corrected chi connectivity index (χ3v) is 3.75. The van der Waals surface area contributed by atoms with E-state index in [0.29, 0.717) is 12.8 Å². The first kappa shape index (κ1) is 14.8. The molecule has 1 saturated carbocycles. The molecule has 102 valence electrons. The van der Waals surface area contributed by atoms with E-state index in [-0.39, 0.29) is 30.5 Å². The largest absolute Gasteiger partial charge is 0.391 e. The molecule has 1 unspecified atom stereocenters. The molecule has 0 aromatic carbocycles. The van der Waals surface area contributed by atoms with E-state index in [1.54, 1.807) is 0 Å². The lowest BCUT2D eigenvalue weighted by molar-refractivity contribution is -0.190. The van der Waals surface area contributed by atoms with Gasteiger partial charge in [-0.3, -0.25) is 0 Å². The first-order valence-corrected chi connectivity index (χ1v) is 6.33. The predicted octanol–water partition coefficient (Wildman–Crippen LogP) is 4.56. The topological polar surface area (TPSA) is 9.23 Å². The van der Waals surface area contributed by atoms with Crippen LogP contribution in [0.25, 0.3) is 0 Å². The van der Waals surface area contributed by atoms with Gasteiger partial charge in [0.1, 0.15) is 0 Å². The molecule has 0 aliphatic heterocycles. The Hall–Kier alpha value is -0.250. The van der Waals surface area contributed by atoms with Crippen LogP contribution in [0.1, 0.15) is 53.4 Å². The molecule has 1 nitrogen and oxygen atoms in total. The lowest BCUT2D eigenvalue weighted by Gasteiger charge is -2.35. The maximum absolute atomic E-state index is 12.5. The highest BCUT2D eigenvalue weighted by molar-refractivity contribution is 4.79. The minimum Gasteiger partial charge on any atom is -0.375 e. The van der Waals surface area contributed by atoms with Gasteiger partial charge >= 0.3 is 6.18 Å². The summed E-state index contributed by atoms with van der Waals surface area (Å²) in [5.41, 5.74) is 0.0425. The molecular weight excluding hydrogens is 229 g/mol. The molecule has 1 aliphatic rings. The molecule has 0 spiro atoms. The highest BCUT2D eigenvalue weighted by Crippen LogP contribution is 2.39. The summed E-state index contributed by atoms with van der Waals surface area (Å²) in [4.78, 5) is 0. The van der Waals surface area contributed by atoms with Crippen LogP contribution < -0.4 is 0 Å². The summed E-state index contributed by atoms with van der Waals surface area (Å²) in [7, 11) is 0. The van der Waals surface area contributed by atoms with Crippen LogP contribution in [-0.2, 0) is 4.74 Å². The number of alkyl halides is 3. The molecule has 0 bridgehead atoms. The highest BCUT2D eigenvalue weighted by atomic mass is 19.4. The van der Waals surface area contributed by atoms with E-state index in [1.165, 1.54) is 0 Å². The van der Waals surface area contributed by atoms with Crippen molar-refractivity contribution >= 4 is 0 Å². The fourth-order valence-corrected chi connectivity index (χ4v) is 2.02. The molecule has 0 aromatic heterocycles. The van der Waals surface area contributed by atoms with Crippen LogP contribution in [0.3, 0.4) is 0 Å². The summed E-state index contributed by atoms with van der Waals surface area (Å²) >= 11 is 0. The second-order valence-corrected chi connectivity index (χ2v) is 6.16. The SMILES string of the molecule is CC(OC1CCC(C(F)(F)F)CC1)C(C)(C)C. The van der Waals surface area contributed by atoms with Crippen LogP contribution in [0.2, 0.25) is 0 Å². The van der Waals surface area contributed by atoms with E-state index in [2.05, 4.69) is 20.8 Å². The maximum atomic E-state index is 12.5. The fraction of sp³-hybridized carbons (Fsp3) is 1.00. The molecule has 1 aliphatic carbocycles. The van der Waals surface area contributed by atoms with Gasteiger partial charge in [0.2, 0.25) is 0 Å². The first-order valence-electron chi connectivity index (χ1n) is 6.33. The number of halogens is 3. The molecule has 0 heterocycles. The standard InChI is InChI=1S/C13H23F3O/c1-9(12(2,3)4)17-11-7-5-10(6-8-11)13(14,15)16/h9-11H,5-8H2,1-4H3. The molecule has 0 aromatic rings. The zero-order valence-corrected chi connectivity index (χ0v) is 11.1. The summed E-state index contributed by atoms with van der Waals surface area (Å²) in [5.74, 6) is -1.12. The quantitative estimate of drug-likeness (QED) is 0.700. The van der Waals surface area contributed by atoms with Crippen molar-refractivity contribution in [2.45, 2.75) is 71.8 Å². The molecule has 1 rings (SSSR count). The molecule has 0 saturated heterocycles.